The van der Waals surface area contributed by atoms with E-state index in [1.807, 2.05) is 6.07 Å². The van der Waals surface area contributed by atoms with E-state index in [-0.39, 0.29) is 11.4 Å². The van der Waals surface area contributed by atoms with Crippen LogP contribution < -0.4 is 10.6 Å². The number of hydrogen-bond acceptors (Lipinski definition) is 5. The highest BCUT2D eigenvalue weighted by molar-refractivity contribution is 5.96. The second-order valence-corrected chi connectivity index (χ2v) is 4.91. The van der Waals surface area contributed by atoms with E-state index < -0.39 is 0 Å². The minimum Gasteiger partial charge on any atom is -0.409 e. The van der Waals surface area contributed by atoms with Crippen LogP contribution in [0.2, 0.25) is 0 Å². The van der Waals surface area contributed by atoms with Crippen molar-refractivity contribution < 1.29 is 9.94 Å². The Morgan fingerprint density at radius 1 is 1.56 bits per heavy atom. The zero-order chi connectivity index (χ0) is 13.2. The Morgan fingerprint density at radius 3 is 2.89 bits per heavy atom. The van der Waals surface area contributed by atoms with E-state index in [0.29, 0.717) is 18.8 Å². The van der Waals surface area contributed by atoms with E-state index in [1.165, 1.54) is 0 Å². The lowest BCUT2D eigenvalue weighted by atomic mass is 10.0. The number of aromatic nitrogens is 1. The van der Waals surface area contributed by atoms with Crippen molar-refractivity contribution in [2.75, 3.05) is 24.7 Å². The Labute approximate surface area is 106 Å². The molecule has 1 aromatic heterocycles. The third-order valence-corrected chi connectivity index (χ3v) is 3.07. The molecule has 0 amide bonds. The van der Waals surface area contributed by atoms with Gasteiger partial charge in [-0.15, -0.1) is 0 Å². The number of nitrogens with two attached hydrogens (primary N) is 1. The van der Waals surface area contributed by atoms with Gasteiger partial charge in [0.25, 0.3) is 0 Å². The third kappa shape index (κ3) is 2.38. The molecule has 0 unspecified atom stereocenters. The van der Waals surface area contributed by atoms with Crippen molar-refractivity contribution in [1.29, 1.82) is 0 Å². The van der Waals surface area contributed by atoms with E-state index in [2.05, 4.69) is 28.9 Å². The average molecular weight is 250 g/mol. The number of ether oxygens (including phenoxy) is 1. The first-order chi connectivity index (χ1) is 8.54. The molecular weight excluding hydrogens is 232 g/mol. The predicted octanol–water partition coefficient (Wildman–Crippen LogP) is 0.791. The van der Waals surface area contributed by atoms with Crippen LogP contribution in [0.1, 0.15) is 19.4 Å². The summed E-state index contributed by atoms with van der Waals surface area (Å²) >= 11 is 0. The zero-order valence-electron chi connectivity index (χ0n) is 10.6. The Balaban J connectivity index is 2.23. The van der Waals surface area contributed by atoms with E-state index in [1.54, 1.807) is 12.3 Å². The Hall–Kier alpha value is -1.82. The molecule has 18 heavy (non-hydrogen) atoms. The van der Waals surface area contributed by atoms with Gasteiger partial charge in [0, 0.05) is 18.3 Å². The van der Waals surface area contributed by atoms with Crippen molar-refractivity contribution in [2.24, 2.45) is 10.9 Å². The molecule has 0 aliphatic carbocycles. The van der Waals surface area contributed by atoms with Crippen LogP contribution in [-0.4, -0.2) is 41.3 Å². The fourth-order valence-corrected chi connectivity index (χ4v) is 2.04. The SMILES string of the molecule is CC1(C)COCCN1c1ccc(C(N)=NO)cn1. The molecule has 0 atom stereocenters. The van der Waals surface area contributed by atoms with Crippen LogP contribution in [-0.2, 0) is 4.74 Å². The second-order valence-electron chi connectivity index (χ2n) is 4.91. The number of hydrogen-bond donors (Lipinski definition) is 2. The highest BCUT2D eigenvalue weighted by Gasteiger charge is 2.31. The highest BCUT2D eigenvalue weighted by atomic mass is 16.5. The van der Waals surface area contributed by atoms with Crippen LogP contribution in [0.25, 0.3) is 0 Å². The molecule has 0 radical (unpaired) electrons. The summed E-state index contributed by atoms with van der Waals surface area (Å²) < 4.78 is 5.47. The van der Waals surface area contributed by atoms with Crippen LogP contribution >= 0.6 is 0 Å². The number of anilines is 1. The zero-order valence-corrected chi connectivity index (χ0v) is 10.6. The molecule has 1 saturated heterocycles. The summed E-state index contributed by atoms with van der Waals surface area (Å²) in [7, 11) is 0. The van der Waals surface area contributed by atoms with Crippen molar-refractivity contribution in [3.8, 4) is 0 Å². The van der Waals surface area contributed by atoms with Crippen LogP contribution in [0.15, 0.2) is 23.5 Å². The molecule has 3 N–H and O–H groups in total. The lowest BCUT2D eigenvalue weighted by Crippen LogP contribution is -2.53. The van der Waals surface area contributed by atoms with Crippen molar-refractivity contribution in [2.45, 2.75) is 19.4 Å². The number of pyridine rings is 1. The number of nitrogens with zero attached hydrogens (tertiary/aromatic N) is 3. The third-order valence-electron chi connectivity index (χ3n) is 3.07. The molecule has 6 heteroatoms. The number of rotatable bonds is 2. The van der Waals surface area contributed by atoms with Gasteiger partial charge in [0.15, 0.2) is 5.84 Å². The lowest BCUT2D eigenvalue weighted by molar-refractivity contribution is 0.0639. The standard InChI is InChI=1S/C12H18N4O2/c1-12(2)8-18-6-5-16(12)10-4-3-9(7-14-10)11(13)15-17/h3-4,7,17H,5-6,8H2,1-2H3,(H2,13,15). The maximum atomic E-state index is 8.60. The van der Waals surface area contributed by atoms with E-state index in [4.69, 9.17) is 15.7 Å². The summed E-state index contributed by atoms with van der Waals surface area (Å²) in [5, 5.41) is 11.5. The summed E-state index contributed by atoms with van der Waals surface area (Å²) in [5.74, 6) is 0.938. The maximum absolute atomic E-state index is 8.60. The summed E-state index contributed by atoms with van der Waals surface area (Å²) in [6.07, 6.45) is 1.61. The van der Waals surface area contributed by atoms with Gasteiger partial charge in [-0.2, -0.15) is 0 Å². The molecule has 1 fully saturated rings. The molecule has 6 nitrogen and oxygen atoms in total. The van der Waals surface area contributed by atoms with Crippen LogP contribution in [0.3, 0.4) is 0 Å². The van der Waals surface area contributed by atoms with E-state index in [0.717, 1.165) is 12.4 Å². The average Bonchev–Trinajstić information content (AvgIpc) is 2.37. The van der Waals surface area contributed by atoms with Gasteiger partial charge in [0.2, 0.25) is 0 Å². The highest BCUT2D eigenvalue weighted by Crippen LogP contribution is 2.25. The Morgan fingerprint density at radius 2 is 2.33 bits per heavy atom. The summed E-state index contributed by atoms with van der Waals surface area (Å²) in [6.45, 7) is 6.42. The number of oxime groups is 1. The maximum Gasteiger partial charge on any atom is 0.171 e. The van der Waals surface area contributed by atoms with Gasteiger partial charge in [-0.1, -0.05) is 5.16 Å². The number of amidine groups is 1. The first kappa shape index (κ1) is 12.6. The molecule has 98 valence electrons. The smallest absolute Gasteiger partial charge is 0.171 e. The second kappa shape index (κ2) is 4.81. The van der Waals surface area contributed by atoms with Gasteiger partial charge in [0.05, 0.1) is 18.8 Å². The first-order valence-electron chi connectivity index (χ1n) is 5.84. The Kier molecular flexibility index (Phi) is 3.38. The van der Waals surface area contributed by atoms with Crippen molar-refractivity contribution >= 4 is 11.7 Å². The molecule has 1 aromatic rings. The van der Waals surface area contributed by atoms with Crippen LogP contribution in [0.4, 0.5) is 5.82 Å². The monoisotopic (exact) mass is 250 g/mol. The largest absolute Gasteiger partial charge is 0.409 e. The quantitative estimate of drug-likeness (QED) is 0.351. The van der Waals surface area contributed by atoms with Crippen molar-refractivity contribution in [3.63, 3.8) is 0 Å². The summed E-state index contributed by atoms with van der Waals surface area (Å²) in [4.78, 5) is 6.57. The minimum atomic E-state index is -0.0800. The normalized spacial score (nSPS) is 19.9. The van der Waals surface area contributed by atoms with Gasteiger partial charge < -0.3 is 20.6 Å². The minimum absolute atomic E-state index is 0.0651. The predicted molar refractivity (Wildman–Crippen MR) is 69.0 cm³/mol. The fraction of sp³-hybridized carbons (Fsp3) is 0.500. The molecule has 2 heterocycles. The van der Waals surface area contributed by atoms with Crippen molar-refractivity contribution in [1.82, 2.24) is 4.98 Å². The van der Waals surface area contributed by atoms with Crippen LogP contribution in [0.5, 0.6) is 0 Å². The molecular formula is C12H18N4O2. The molecule has 0 bridgehead atoms. The molecule has 2 rings (SSSR count). The number of morpholine rings is 1. The van der Waals surface area contributed by atoms with Crippen LogP contribution in [0, 0.1) is 0 Å². The molecule has 0 spiro atoms. The molecule has 0 aromatic carbocycles. The van der Waals surface area contributed by atoms with E-state index in [9.17, 15) is 0 Å². The topological polar surface area (TPSA) is 84.0 Å². The van der Waals surface area contributed by atoms with E-state index >= 15 is 0 Å². The summed E-state index contributed by atoms with van der Waals surface area (Å²) in [6, 6.07) is 3.67. The van der Waals surface area contributed by atoms with Gasteiger partial charge in [-0.05, 0) is 26.0 Å². The van der Waals surface area contributed by atoms with Crippen molar-refractivity contribution in [3.05, 3.63) is 23.9 Å². The molecule has 1 aliphatic rings. The molecule has 1 aliphatic heterocycles. The first-order valence-corrected chi connectivity index (χ1v) is 5.84. The fourth-order valence-electron chi connectivity index (χ4n) is 2.04. The Bertz CT molecular complexity index is 442. The lowest BCUT2D eigenvalue weighted by Gasteiger charge is -2.42. The summed E-state index contributed by atoms with van der Waals surface area (Å²) in [5.41, 5.74) is 6.03. The molecule has 0 saturated carbocycles. The van der Waals surface area contributed by atoms with Gasteiger partial charge >= 0.3 is 0 Å². The van der Waals surface area contributed by atoms with Gasteiger partial charge in [-0.3, -0.25) is 0 Å². The van der Waals surface area contributed by atoms with Gasteiger partial charge in [0.1, 0.15) is 5.82 Å². The van der Waals surface area contributed by atoms with Gasteiger partial charge in [-0.25, -0.2) is 4.98 Å².